The minimum atomic E-state index is -0.871. The van der Waals surface area contributed by atoms with Gasteiger partial charge in [0.25, 0.3) is 5.56 Å². The van der Waals surface area contributed by atoms with E-state index in [1.807, 2.05) is 6.07 Å². The van der Waals surface area contributed by atoms with Crippen LogP contribution in [0.4, 0.5) is 32.3 Å². The monoisotopic (exact) mass is 448 g/mol. The molecule has 33 heavy (non-hydrogen) atoms. The Morgan fingerprint density at radius 2 is 1.82 bits per heavy atom. The fourth-order valence-corrected chi connectivity index (χ4v) is 3.64. The van der Waals surface area contributed by atoms with Crippen molar-refractivity contribution in [2.45, 2.75) is 13.8 Å². The van der Waals surface area contributed by atoms with Gasteiger partial charge in [-0.25, -0.2) is 18.3 Å². The van der Waals surface area contributed by atoms with Gasteiger partial charge in [-0.05, 0) is 37.6 Å². The van der Waals surface area contributed by atoms with E-state index in [0.717, 1.165) is 16.7 Å². The third kappa shape index (κ3) is 3.67. The molecule has 4 N–H and O–H groups in total. The van der Waals surface area contributed by atoms with Crippen LogP contribution in [0, 0.1) is 29.9 Å². The molecule has 0 atom stereocenters. The van der Waals surface area contributed by atoms with Crippen molar-refractivity contribution in [1.82, 2.24) is 19.5 Å². The first-order chi connectivity index (χ1) is 15.7. The maximum absolute atomic E-state index is 14.1. The fourth-order valence-electron chi connectivity index (χ4n) is 3.64. The van der Waals surface area contributed by atoms with Gasteiger partial charge in [0.2, 0.25) is 11.9 Å². The lowest BCUT2D eigenvalue weighted by Crippen LogP contribution is -2.31. The molecular weight excluding hydrogens is 430 g/mol. The summed E-state index contributed by atoms with van der Waals surface area (Å²) in [5.74, 6) is -2.11. The van der Waals surface area contributed by atoms with Crippen molar-refractivity contribution in [2.75, 3.05) is 22.9 Å². The standard InChI is InChI=1S/C22H18F2N8O/c1-3-31(19-15(10-25)18(26)29-21(27)30-19)22-28-16-6-4-5-11(2)17(16)20(33)32(22)14-8-12(23)7-13(24)9-14/h4-9H,3H2,1-2H3,(H4,26,27,29,30). The number of anilines is 4. The maximum atomic E-state index is 14.1. The summed E-state index contributed by atoms with van der Waals surface area (Å²) >= 11 is 0. The highest BCUT2D eigenvalue weighted by atomic mass is 19.1. The molecule has 0 unspecified atom stereocenters. The average Bonchev–Trinajstić information content (AvgIpc) is 2.73. The summed E-state index contributed by atoms with van der Waals surface area (Å²) < 4.78 is 29.3. The minimum absolute atomic E-state index is 0.00882. The molecule has 0 saturated carbocycles. The Balaban J connectivity index is 2.15. The van der Waals surface area contributed by atoms with E-state index >= 15 is 0 Å². The number of rotatable bonds is 4. The molecule has 0 fully saturated rings. The zero-order valence-electron chi connectivity index (χ0n) is 17.7. The smallest absolute Gasteiger partial charge is 0.267 e. The summed E-state index contributed by atoms with van der Waals surface area (Å²) in [5, 5.41) is 9.92. The molecule has 2 aromatic heterocycles. The van der Waals surface area contributed by atoms with Gasteiger partial charge in [-0.15, -0.1) is 0 Å². The summed E-state index contributed by atoms with van der Waals surface area (Å²) in [4.78, 5) is 27.6. The number of aryl methyl sites for hydroxylation is 1. The van der Waals surface area contributed by atoms with Crippen molar-refractivity contribution >= 4 is 34.4 Å². The quantitative estimate of drug-likeness (QED) is 0.486. The molecule has 4 rings (SSSR count). The largest absolute Gasteiger partial charge is 0.382 e. The normalized spacial score (nSPS) is 10.9. The van der Waals surface area contributed by atoms with Crippen LogP contribution >= 0.6 is 0 Å². The van der Waals surface area contributed by atoms with Crippen molar-refractivity contribution < 1.29 is 8.78 Å². The Labute approximate surface area is 186 Å². The molecule has 0 spiro atoms. The number of nitrogens with two attached hydrogens (primary N) is 2. The zero-order chi connectivity index (χ0) is 23.9. The SMILES string of the molecule is CCN(c1nc(N)nc(N)c1C#N)c1nc2cccc(C)c2c(=O)n1-c1cc(F)cc(F)c1. The molecule has 9 nitrogen and oxygen atoms in total. The number of nitrogens with zero attached hydrogens (tertiary/aromatic N) is 6. The summed E-state index contributed by atoms with van der Waals surface area (Å²) in [6.45, 7) is 3.61. The number of nitriles is 1. The Bertz CT molecular complexity index is 1490. The molecular formula is C22H18F2N8O. The van der Waals surface area contributed by atoms with E-state index in [1.54, 1.807) is 32.0 Å². The number of fused-ring (bicyclic) bond motifs is 1. The van der Waals surface area contributed by atoms with Crippen LogP contribution in [0.15, 0.2) is 41.2 Å². The Hall–Kier alpha value is -4.59. The van der Waals surface area contributed by atoms with Gasteiger partial charge in [0.05, 0.1) is 16.6 Å². The average molecular weight is 448 g/mol. The molecule has 0 aliphatic heterocycles. The van der Waals surface area contributed by atoms with Gasteiger partial charge in [0, 0.05) is 12.6 Å². The fraction of sp³-hybridized carbons (Fsp3) is 0.136. The molecule has 11 heteroatoms. The van der Waals surface area contributed by atoms with Crippen molar-refractivity contribution in [2.24, 2.45) is 0 Å². The van der Waals surface area contributed by atoms with Crippen LogP contribution < -0.4 is 21.9 Å². The van der Waals surface area contributed by atoms with E-state index in [-0.39, 0.29) is 46.7 Å². The van der Waals surface area contributed by atoms with Gasteiger partial charge in [0.1, 0.15) is 29.1 Å². The molecule has 0 amide bonds. The number of aromatic nitrogens is 4. The van der Waals surface area contributed by atoms with E-state index in [2.05, 4.69) is 15.0 Å². The second kappa shape index (κ2) is 8.16. The predicted molar refractivity (Wildman–Crippen MR) is 120 cm³/mol. The van der Waals surface area contributed by atoms with Crippen LogP contribution in [-0.2, 0) is 0 Å². The van der Waals surface area contributed by atoms with Gasteiger partial charge in [0.15, 0.2) is 5.82 Å². The summed E-state index contributed by atoms with van der Waals surface area (Å²) in [6, 6.07) is 9.78. The third-order valence-corrected chi connectivity index (χ3v) is 5.05. The maximum Gasteiger partial charge on any atom is 0.267 e. The number of hydrogen-bond donors (Lipinski definition) is 2. The highest BCUT2D eigenvalue weighted by molar-refractivity contribution is 5.83. The summed E-state index contributed by atoms with van der Waals surface area (Å²) in [6.07, 6.45) is 0. The lowest BCUT2D eigenvalue weighted by molar-refractivity contribution is 0.581. The number of benzene rings is 2. The molecule has 0 radical (unpaired) electrons. The van der Waals surface area contributed by atoms with Crippen molar-refractivity contribution in [1.29, 1.82) is 5.26 Å². The second-order valence-electron chi connectivity index (χ2n) is 7.17. The van der Waals surface area contributed by atoms with Crippen LogP contribution in [-0.4, -0.2) is 26.1 Å². The number of halogens is 2. The van der Waals surface area contributed by atoms with Crippen LogP contribution in [0.25, 0.3) is 16.6 Å². The highest BCUT2D eigenvalue weighted by Gasteiger charge is 2.25. The third-order valence-electron chi connectivity index (χ3n) is 5.05. The lowest BCUT2D eigenvalue weighted by Gasteiger charge is -2.26. The summed E-state index contributed by atoms with van der Waals surface area (Å²) in [5.41, 5.74) is 11.9. The molecule has 166 valence electrons. The van der Waals surface area contributed by atoms with Crippen LogP contribution in [0.2, 0.25) is 0 Å². The molecule has 2 aromatic carbocycles. The first-order valence-corrected chi connectivity index (χ1v) is 9.84. The highest BCUT2D eigenvalue weighted by Crippen LogP contribution is 2.30. The van der Waals surface area contributed by atoms with Crippen LogP contribution in [0.5, 0.6) is 0 Å². The molecule has 0 bridgehead atoms. The number of nitrogen functional groups attached to an aromatic ring is 2. The van der Waals surface area contributed by atoms with Gasteiger partial charge >= 0.3 is 0 Å². The van der Waals surface area contributed by atoms with Crippen molar-refractivity contribution in [3.05, 3.63) is 69.5 Å². The first-order valence-electron chi connectivity index (χ1n) is 9.84. The number of hydrogen-bond acceptors (Lipinski definition) is 8. The molecule has 0 saturated heterocycles. The topological polar surface area (TPSA) is 140 Å². The van der Waals surface area contributed by atoms with E-state index in [1.165, 1.54) is 4.90 Å². The second-order valence-corrected chi connectivity index (χ2v) is 7.17. The van der Waals surface area contributed by atoms with Gasteiger partial charge in [-0.1, -0.05) is 12.1 Å². The van der Waals surface area contributed by atoms with Gasteiger partial charge < -0.3 is 11.5 Å². The lowest BCUT2D eigenvalue weighted by atomic mass is 10.1. The molecule has 0 aliphatic carbocycles. The Morgan fingerprint density at radius 1 is 1.12 bits per heavy atom. The van der Waals surface area contributed by atoms with E-state index in [0.29, 0.717) is 17.1 Å². The first kappa shape index (κ1) is 21.6. The molecule has 2 heterocycles. The minimum Gasteiger partial charge on any atom is -0.382 e. The predicted octanol–water partition coefficient (Wildman–Crippen LogP) is 2.96. The van der Waals surface area contributed by atoms with Crippen LogP contribution in [0.1, 0.15) is 18.1 Å². The van der Waals surface area contributed by atoms with Gasteiger partial charge in [-0.2, -0.15) is 15.2 Å². The zero-order valence-corrected chi connectivity index (χ0v) is 17.7. The molecule has 4 aromatic rings. The van der Waals surface area contributed by atoms with E-state index < -0.39 is 17.2 Å². The van der Waals surface area contributed by atoms with E-state index in [9.17, 15) is 18.8 Å². The van der Waals surface area contributed by atoms with Crippen LogP contribution in [0.3, 0.4) is 0 Å². The Kier molecular flexibility index (Phi) is 5.35. The van der Waals surface area contributed by atoms with Gasteiger partial charge in [-0.3, -0.25) is 9.69 Å². The molecule has 0 aliphatic rings. The summed E-state index contributed by atoms with van der Waals surface area (Å²) in [7, 11) is 0. The van der Waals surface area contributed by atoms with Crippen molar-refractivity contribution in [3.63, 3.8) is 0 Å². The van der Waals surface area contributed by atoms with Crippen molar-refractivity contribution in [3.8, 4) is 11.8 Å². The van der Waals surface area contributed by atoms with E-state index in [4.69, 9.17) is 11.5 Å². The Morgan fingerprint density at radius 3 is 2.45 bits per heavy atom.